The van der Waals surface area contributed by atoms with Crippen molar-refractivity contribution < 1.29 is 4.79 Å². The monoisotopic (exact) mass is 400 g/mol. The fourth-order valence-electron chi connectivity index (χ4n) is 4.14. The summed E-state index contributed by atoms with van der Waals surface area (Å²) in [7, 11) is 0. The summed E-state index contributed by atoms with van der Waals surface area (Å²) < 4.78 is 0. The molecule has 3 aromatic carbocycles. The minimum Gasteiger partial charge on any atom is -0.377 e. The van der Waals surface area contributed by atoms with Gasteiger partial charge in [-0.3, -0.25) is 4.79 Å². The van der Waals surface area contributed by atoms with Crippen molar-refractivity contribution in [3.05, 3.63) is 102 Å². The topological polar surface area (TPSA) is 32.3 Å². The molecule has 0 fully saturated rings. The second-order valence-electron chi connectivity index (χ2n) is 8.22. The lowest BCUT2D eigenvalue weighted by Crippen LogP contribution is -2.46. The van der Waals surface area contributed by atoms with E-state index in [1.54, 1.807) is 0 Å². The smallest absolute Gasteiger partial charge is 0.233 e. The molecule has 3 heteroatoms. The molecule has 3 rings (SSSR count). The standard InChI is InChI=1S/C27H32N2O/c1-20(2)29(21(3)4)27(30)25(22-14-8-5-9-15-22)26(23-16-10-6-11-17-23)28-24-18-12-7-13-19-24/h5-21,25-26,28H,1-4H3/t25-,26-/m0/s1. The van der Waals surface area contributed by atoms with Crippen LogP contribution < -0.4 is 5.32 Å². The van der Waals surface area contributed by atoms with Gasteiger partial charge in [-0.25, -0.2) is 0 Å². The Balaban J connectivity index is 2.12. The van der Waals surface area contributed by atoms with Crippen molar-refractivity contribution in [2.75, 3.05) is 5.32 Å². The fraction of sp³-hybridized carbons (Fsp3) is 0.296. The summed E-state index contributed by atoms with van der Waals surface area (Å²) in [4.78, 5) is 16.0. The SMILES string of the molecule is CC(C)N(C(=O)[C@@H](c1ccccc1)[C@@H](Nc1ccccc1)c1ccccc1)C(C)C. The van der Waals surface area contributed by atoms with Crippen LogP contribution in [0.2, 0.25) is 0 Å². The molecule has 0 aromatic heterocycles. The van der Waals surface area contributed by atoms with E-state index in [1.807, 2.05) is 71.6 Å². The van der Waals surface area contributed by atoms with Crippen molar-refractivity contribution >= 4 is 11.6 Å². The molecule has 0 aliphatic heterocycles. The maximum absolute atomic E-state index is 14.0. The summed E-state index contributed by atoms with van der Waals surface area (Å²) in [6.45, 7) is 8.34. The molecular formula is C27H32N2O. The summed E-state index contributed by atoms with van der Waals surface area (Å²) in [5.41, 5.74) is 3.11. The van der Waals surface area contributed by atoms with Gasteiger partial charge in [0.2, 0.25) is 5.91 Å². The zero-order chi connectivity index (χ0) is 21.5. The average molecular weight is 401 g/mol. The Morgan fingerprint density at radius 2 is 1.10 bits per heavy atom. The molecule has 0 aliphatic carbocycles. The van der Waals surface area contributed by atoms with Gasteiger partial charge in [-0.05, 0) is 51.0 Å². The largest absolute Gasteiger partial charge is 0.377 e. The third-order valence-corrected chi connectivity index (χ3v) is 5.38. The molecule has 1 amide bonds. The summed E-state index contributed by atoms with van der Waals surface area (Å²) in [5.74, 6) is -0.206. The van der Waals surface area contributed by atoms with Crippen LogP contribution in [0.1, 0.15) is 50.8 Å². The Kier molecular flexibility index (Phi) is 7.29. The number of rotatable bonds is 8. The number of carbonyl (C=O) groups excluding carboxylic acids is 1. The lowest BCUT2D eigenvalue weighted by Gasteiger charge is -2.37. The van der Waals surface area contributed by atoms with E-state index in [0.29, 0.717) is 0 Å². The Morgan fingerprint density at radius 1 is 0.667 bits per heavy atom. The molecule has 0 aliphatic rings. The fourth-order valence-corrected chi connectivity index (χ4v) is 4.14. The molecule has 0 radical (unpaired) electrons. The van der Waals surface area contributed by atoms with Gasteiger partial charge in [-0.2, -0.15) is 0 Å². The van der Waals surface area contributed by atoms with Crippen LogP contribution in [0.15, 0.2) is 91.0 Å². The average Bonchev–Trinajstić information content (AvgIpc) is 2.75. The molecule has 0 heterocycles. The second-order valence-corrected chi connectivity index (χ2v) is 8.22. The summed E-state index contributed by atoms with van der Waals surface area (Å²) in [6, 6.07) is 30.6. The van der Waals surface area contributed by atoms with Gasteiger partial charge in [0.15, 0.2) is 0 Å². The number of para-hydroxylation sites is 1. The minimum atomic E-state index is -0.349. The minimum absolute atomic E-state index is 0.122. The van der Waals surface area contributed by atoms with Crippen molar-refractivity contribution in [3.8, 4) is 0 Å². The molecule has 3 nitrogen and oxygen atoms in total. The normalized spacial score (nSPS) is 13.1. The highest BCUT2D eigenvalue weighted by Crippen LogP contribution is 2.36. The van der Waals surface area contributed by atoms with Crippen LogP contribution in [0.4, 0.5) is 5.69 Å². The van der Waals surface area contributed by atoms with E-state index in [4.69, 9.17) is 0 Å². The molecule has 1 N–H and O–H groups in total. The molecular weight excluding hydrogens is 368 g/mol. The summed E-state index contributed by atoms with van der Waals surface area (Å²) in [6.07, 6.45) is 0. The number of carbonyl (C=O) groups is 1. The number of hydrogen-bond donors (Lipinski definition) is 1. The number of hydrogen-bond acceptors (Lipinski definition) is 2. The van der Waals surface area contributed by atoms with E-state index in [9.17, 15) is 4.79 Å². The lowest BCUT2D eigenvalue weighted by atomic mass is 9.85. The molecule has 156 valence electrons. The van der Waals surface area contributed by atoms with Gasteiger partial charge in [0, 0.05) is 17.8 Å². The van der Waals surface area contributed by atoms with Crippen LogP contribution in [0, 0.1) is 0 Å². The summed E-state index contributed by atoms with van der Waals surface area (Å²) in [5, 5.41) is 3.66. The molecule has 0 saturated heterocycles. The maximum atomic E-state index is 14.0. The number of benzene rings is 3. The van der Waals surface area contributed by atoms with Gasteiger partial charge in [0.1, 0.15) is 0 Å². The van der Waals surface area contributed by atoms with Gasteiger partial charge < -0.3 is 10.2 Å². The quantitative estimate of drug-likeness (QED) is 0.483. The van der Waals surface area contributed by atoms with E-state index in [1.165, 1.54) is 0 Å². The van der Waals surface area contributed by atoms with Gasteiger partial charge in [-0.1, -0.05) is 78.9 Å². The molecule has 0 saturated carbocycles. The van der Waals surface area contributed by atoms with E-state index in [2.05, 4.69) is 57.3 Å². The first-order chi connectivity index (χ1) is 14.5. The predicted molar refractivity (Wildman–Crippen MR) is 126 cm³/mol. The third kappa shape index (κ3) is 5.10. The highest BCUT2D eigenvalue weighted by atomic mass is 16.2. The number of nitrogens with zero attached hydrogens (tertiary/aromatic N) is 1. The first-order valence-electron chi connectivity index (χ1n) is 10.7. The summed E-state index contributed by atoms with van der Waals surface area (Å²) >= 11 is 0. The van der Waals surface area contributed by atoms with E-state index in [-0.39, 0.29) is 30.0 Å². The van der Waals surface area contributed by atoms with Crippen LogP contribution in [-0.4, -0.2) is 22.9 Å². The van der Waals surface area contributed by atoms with Crippen LogP contribution in [-0.2, 0) is 4.79 Å². The zero-order valence-corrected chi connectivity index (χ0v) is 18.3. The second kappa shape index (κ2) is 10.1. The van der Waals surface area contributed by atoms with Crippen LogP contribution in [0.3, 0.4) is 0 Å². The Bertz CT molecular complexity index is 899. The number of nitrogens with one attached hydrogen (secondary N) is 1. The number of anilines is 1. The molecule has 3 aromatic rings. The Hall–Kier alpha value is -3.07. The van der Waals surface area contributed by atoms with Crippen LogP contribution in [0.5, 0.6) is 0 Å². The van der Waals surface area contributed by atoms with Crippen LogP contribution in [0.25, 0.3) is 0 Å². The van der Waals surface area contributed by atoms with Gasteiger partial charge >= 0.3 is 0 Å². The zero-order valence-electron chi connectivity index (χ0n) is 18.3. The Morgan fingerprint density at radius 3 is 1.57 bits per heavy atom. The van der Waals surface area contributed by atoms with Crippen molar-refractivity contribution in [3.63, 3.8) is 0 Å². The third-order valence-electron chi connectivity index (χ3n) is 5.38. The van der Waals surface area contributed by atoms with Gasteiger partial charge in [0.25, 0.3) is 0 Å². The van der Waals surface area contributed by atoms with Crippen molar-refractivity contribution in [2.24, 2.45) is 0 Å². The molecule has 0 bridgehead atoms. The van der Waals surface area contributed by atoms with Crippen molar-refractivity contribution in [1.82, 2.24) is 4.90 Å². The van der Waals surface area contributed by atoms with Crippen molar-refractivity contribution in [2.45, 2.75) is 51.7 Å². The first kappa shape index (κ1) is 21.6. The number of amides is 1. The van der Waals surface area contributed by atoms with Crippen molar-refractivity contribution in [1.29, 1.82) is 0 Å². The molecule has 0 unspecified atom stereocenters. The van der Waals surface area contributed by atoms with Crippen LogP contribution >= 0.6 is 0 Å². The molecule has 2 atom stereocenters. The highest BCUT2D eigenvalue weighted by Gasteiger charge is 2.36. The van der Waals surface area contributed by atoms with E-state index >= 15 is 0 Å². The first-order valence-corrected chi connectivity index (χ1v) is 10.7. The Labute approximate surface area is 180 Å². The van der Waals surface area contributed by atoms with Gasteiger partial charge in [-0.15, -0.1) is 0 Å². The van der Waals surface area contributed by atoms with E-state index in [0.717, 1.165) is 16.8 Å². The highest BCUT2D eigenvalue weighted by molar-refractivity contribution is 5.86. The molecule has 30 heavy (non-hydrogen) atoms. The van der Waals surface area contributed by atoms with Gasteiger partial charge in [0.05, 0.1) is 12.0 Å². The maximum Gasteiger partial charge on any atom is 0.233 e. The predicted octanol–water partition coefficient (Wildman–Crippen LogP) is 6.27. The van der Waals surface area contributed by atoms with E-state index < -0.39 is 0 Å². The lowest BCUT2D eigenvalue weighted by molar-refractivity contribution is -0.136. The molecule has 0 spiro atoms.